The van der Waals surface area contributed by atoms with E-state index in [0.717, 1.165) is 25.9 Å². The fourth-order valence-corrected chi connectivity index (χ4v) is 3.32. The van der Waals surface area contributed by atoms with Gasteiger partial charge in [-0.3, -0.25) is 9.59 Å². The van der Waals surface area contributed by atoms with Crippen molar-refractivity contribution in [2.75, 3.05) is 32.7 Å². The summed E-state index contributed by atoms with van der Waals surface area (Å²) in [4.78, 5) is 41.0. The van der Waals surface area contributed by atoms with Gasteiger partial charge in [-0.2, -0.15) is 0 Å². The standard InChI is InChI=1S/C16H27N3O4/c1-12(2)19(11-14(20)21)15(22)13-5-9-18(10-6-13)16(23)17-7-3-4-8-17/h12-13H,3-11H2,1-2H3,(H,20,21). The maximum absolute atomic E-state index is 12.6. The lowest BCUT2D eigenvalue weighted by Crippen LogP contribution is -2.50. The third-order valence-electron chi connectivity index (χ3n) is 4.70. The highest BCUT2D eigenvalue weighted by atomic mass is 16.4. The van der Waals surface area contributed by atoms with Crippen molar-refractivity contribution in [3.63, 3.8) is 0 Å². The average molecular weight is 325 g/mol. The molecule has 0 aromatic heterocycles. The summed E-state index contributed by atoms with van der Waals surface area (Å²) in [7, 11) is 0. The van der Waals surface area contributed by atoms with Crippen molar-refractivity contribution in [1.29, 1.82) is 0 Å². The Morgan fingerprint density at radius 2 is 1.57 bits per heavy atom. The van der Waals surface area contributed by atoms with E-state index in [4.69, 9.17) is 5.11 Å². The number of carboxylic acids is 1. The Hall–Kier alpha value is -1.79. The number of urea groups is 1. The van der Waals surface area contributed by atoms with Gasteiger partial charge in [-0.05, 0) is 39.5 Å². The second-order valence-corrected chi connectivity index (χ2v) is 6.69. The maximum Gasteiger partial charge on any atom is 0.323 e. The Kier molecular flexibility index (Phi) is 5.85. The fraction of sp³-hybridized carbons (Fsp3) is 0.812. The van der Waals surface area contributed by atoms with Crippen molar-refractivity contribution in [2.45, 2.75) is 45.6 Å². The maximum atomic E-state index is 12.6. The molecule has 2 rings (SSSR count). The monoisotopic (exact) mass is 325 g/mol. The molecule has 1 N–H and O–H groups in total. The van der Waals surface area contributed by atoms with E-state index in [1.54, 1.807) is 0 Å². The number of likely N-dealkylation sites (tertiary alicyclic amines) is 2. The Bertz CT molecular complexity index is 452. The Balaban J connectivity index is 1.88. The summed E-state index contributed by atoms with van der Waals surface area (Å²) in [6.07, 6.45) is 3.36. The van der Waals surface area contributed by atoms with E-state index in [1.807, 2.05) is 23.6 Å². The van der Waals surface area contributed by atoms with Gasteiger partial charge in [0.2, 0.25) is 5.91 Å². The first kappa shape index (κ1) is 17.6. The van der Waals surface area contributed by atoms with Crippen LogP contribution in [-0.4, -0.2) is 76.5 Å². The summed E-state index contributed by atoms with van der Waals surface area (Å²) in [5, 5.41) is 8.96. The van der Waals surface area contributed by atoms with Crippen LogP contribution in [0.1, 0.15) is 39.5 Å². The molecule has 0 radical (unpaired) electrons. The summed E-state index contributed by atoms with van der Waals surface area (Å²) in [6.45, 7) is 6.20. The lowest BCUT2D eigenvalue weighted by Gasteiger charge is -2.36. The number of aliphatic carboxylic acids is 1. The Morgan fingerprint density at radius 3 is 2.04 bits per heavy atom. The van der Waals surface area contributed by atoms with Crippen LogP contribution in [0.15, 0.2) is 0 Å². The second-order valence-electron chi connectivity index (χ2n) is 6.69. The number of piperidine rings is 1. The first-order valence-electron chi connectivity index (χ1n) is 8.46. The Morgan fingerprint density at radius 1 is 1.04 bits per heavy atom. The molecule has 2 fully saturated rings. The van der Waals surface area contributed by atoms with Gasteiger partial charge in [0, 0.05) is 38.1 Å². The molecule has 3 amide bonds. The van der Waals surface area contributed by atoms with Crippen molar-refractivity contribution in [2.24, 2.45) is 5.92 Å². The van der Waals surface area contributed by atoms with Gasteiger partial charge in [0.25, 0.3) is 0 Å². The van der Waals surface area contributed by atoms with Gasteiger partial charge in [-0.1, -0.05) is 0 Å². The van der Waals surface area contributed by atoms with Crippen LogP contribution < -0.4 is 0 Å². The molecule has 0 saturated carbocycles. The molecular weight excluding hydrogens is 298 g/mol. The predicted molar refractivity (Wildman–Crippen MR) is 85.0 cm³/mol. The van der Waals surface area contributed by atoms with Gasteiger partial charge in [0.15, 0.2) is 0 Å². The molecule has 2 aliphatic rings. The smallest absolute Gasteiger partial charge is 0.323 e. The molecule has 130 valence electrons. The predicted octanol–water partition coefficient (Wildman–Crippen LogP) is 1.24. The molecule has 0 atom stereocenters. The number of carbonyl (C=O) groups excluding carboxylic acids is 2. The van der Waals surface area contributed by atoms with Crippen molar-refractivity contribution in [3.05, 3.63) is 0 Å². The van der Waals surface area contributed by atoms with E-state index in [2.05, 4.69) is 0 Å². The first-order chi connectivity index (χ1) is 10.9. The number of hydrogen-bond acceptors (Lipinski definition) is 3. The van der Waals surface area contributed by atoms with E-state index in [9.17, 15) is 14.4 Å². The van der Waals surface area contributed by atoms with Crippen LogP contribution in [-0.2, 0) is 9.59 Å². The van der Waals surface area contributed by atoms with Crippen LogP contribution in [0.25, 0.3) is 0 Å². The lowest BCUT2D eigenvalue weighted by atomic mass is 9.95. The molecule has 7 heteroatoms. The zero-order chi connectivity index (χ0) is 17.0. The van der Waals surface area contributed by atoms with E-state index < -0.39 is 5.97 Å². The van der Waals surface area contributed by atoms with Gasteiger partial charge < -0.3 is 19.8 Å². The summed E-state index contributed by atoms with van der Waals surface area (Å²) in [5.41, 5.74) is 0. The molecule has 0 spiro atoms. The van der Waals surface area contributed by atoms with Gasteiger partial charge in [0.05, 0.1) is 0 Å². The van der Waals surface area contributed by atoms with E-state index in [-0.39, 0.29) is 30.4 Å². The molecule has 0 aliphatic carbocycles. The third-order valence-corrected chi connectivity index (χ3v) is 4.70. The van der Waals surface area contributed by atoms with Crippen LogP contribution in [0.5, 0.6) is 0 Å². The molecular formula is C16H27N3O4. The number of carboxylic acid groups (broad SMARTS) is 1. The average Bonchev–Trinajstić information content (AvgIpc) is 3.05. The van der Waals surface area contributed by atoms with Crippen molar-refractivity contribution in [1.82, 2.24) is 14.7 Å². The molecule has 7 nitrogen and oxygen atoms in total. The zero-order valence-corrected chi connectivity index (χ0v) is 14.0. The number of hydrogen-bond donors (Lipinski definition) is 1. The van der Waals surface area contributed by atoms with Gasteiger partial charge in [-0.25, -0.2) is 4.79 Å². The van der Waals surface area contributed by atoms with Crippen LogP contribution in [0.4, 0.5) is 4.79 Å². The van der Waals surface area contributed by atoms with Crippen molar-refractivity contribution in [3.8, 4) is 0 Å². The summed E-state index contributed by atoms with van der Waals surface area (Å²) < 4.78 is 0. The molecule has 2 heterocycles. The first-order valence-corrected chi connectivity index (χ1v) is 8.46. The minimum absolute atomic E-state index is 0.0830. The molecule has 2 saturated heterocycles. The van der Waals surface area contributed by atoms with Crippen LogP contribution >= 0.6 is 0 Å². The minimum Gasteiger partial charge on any atom is -0.480 e. The largest absolute Gasteiger partial charge is 0.480 e. The van der Waals surface area contributed by atoms with Gasteiger partial charge >= 0.3 is 12.0 Å². The van der Waals surface area contributed by atoms with Crippen LogP contribution in [0.2, 0.25) is 0 Å². The second kappa shape index (κ2) is 7.66. The SMILES string of the molecule is CC(C)N(CC(=O)O)C(=O)C1CCN(C(=O)N2CCCC2)CC1. The number of amides is 3. The minimum atomic E-state index is -0.992. The van der Waals surface area contributed by atoms with Gasteiger partial charge in [-0.15, -0.1) is 0 Å². The number of carbonyl (C=O) groups is 3. The van der Waals surface area contributed by atoms with E-state index in [0.29, 0.717) is 25.9 Å². The normalized spacial score (nSPS) is 19.3. The molecule has 0 aromatic carbocycles. The quantitative estimate of drug-likeness (QED) is 0.843. The van der Waals surface area contributed by atoms with E-state index in [1.165, 1.54) is 4.90 Å². The summed E-state index contributed by atoms with van der Waals surface area (Å²) >= 11 is 0. The van der Waals surface area contributed by atoms with Crippen LogP contribution in [0, 0.1) is 5.92 Å². The highest BCUT2D eigenvalue weighted by Crippen LogP contribution is 2.22. The van der Waals surface area contributed by atoms with Crippen molar-refractivity contribution >= 4 is 17.9 Å². The molecule has 2 aliphatic heterocycles. The zero-order valence-electron chi connectivity index (χ0n) is 14.0. The third kappa shape index (κ3) is 4.36. The van der Waals surface area contributed by atoms with Crippen LogP contribution in [0.3, 0.4) is 0 Å². The highest BCUT2D eigenvalue weighted by Gasteiger charge is 2.33. The lowest BCUT2D eigenvalue weighted by molar-refractivity contribution is -0.148. The van der Waals surface area contributed by atoms with Gasteiger partial charge in [0.1, 0.15) is 6.54 Å². The highest BCUT2D eigenvalue weighted by molar-refractivity contribution is 5.83. The number of rotatable bonds is 4. The summed E-state index contributed by atoms with van der Waals surface area (Å²) in [5.74, 6) is -1.27. The number of nitrogens with zero attached hydrogens (tertiary/aromatic N) is 3. The molecule has 0 unspecified atom stereocenters. The molecule has 0 aromatic rings. The fourth-order valence-electron chi connectivity index (χ4n) is 3.32. The topological polar surface area (TPSA) is 81.2 Å². The Labute approximate surface area is 137 Å². The molecule has 0 bridgehead atoms. The van der Waals surface area contributed by atoms with Crippen molar-refractivity contribution < 1.29 is 19.5 Å². The van der Waals surface area contributed by atoms with E-state index >= 15 is 0 Å². The molecule has 23 heavy (non-hydrogen) atoms. The summed E-state index contributed by atoms with van der Waals surface area (Å²) in [6, 6.07) is -0.0532.